The molecule has 7 N–H and O–H groups in total. The lowest BCUT2D eigenvalue weighted by Gasteiger charge is -2.44. The highest BCUT2D eigenvalue weighted by Crippen LogP contribution is 2.28. The maximum atomic E-state index is 9.99. The van der Waals surface area contributed by atoms with Gasteiger partial charge in [0.2, 0.25) is 0 Å². The molecule has 0 spiro atoms. The van der Waals surface area contributed by atoms with Crippen molar-refractivity contribution in [2.45, 2.75) is 68.3 Å². The molecule has 0 aromatic carbocycles. The maximum Gasteiger partial charge on any atom is 0.187 e. The van der Waals surface area contributed by atoms with Crippen LogP contribution in [0.25, 0.3) is 0 Å². The van der Waals surface area contributed by atoms with Crippen LogP contribution in [0.2, 0.25) is 0 Å². The third-order valence-electron chi connectivity index (χ3n) is 3.94. The van der Waals surface area contributed by atoms with E-state index in [9.17, 15) is 30.6 Å². The molecule has 0 amide bonds. The van der Waals surface area contributed by atoms with E-state index in [0.717, 1.165) is 0 Å². The van der Waals surface area contributed by atoms with Gasteiger partial charge in [-0.25, -0.2) is 0 Å². The lowest BCUT2D eigenvalue weighted by Crippen LogP contribution is -2.63. The third kappa shape index (κ3) is 3.26. The summed E-state index contributed by atoms with van der Waals surface area (Å²) in [6.45, 7) is 0.814. The molecule has 2 heterocycles. The summed E-state index contributed by atoms with van der Waals surface area (Å²) in [5.74, 6) is 0. The van der Waals surface area contributed by atoms with E-state index in [-0.39, 0.29) is 0 Å². The second kappa shape index (κ2) is 7.01. The minimum absolute atomic E-state index is 0.628. The lowest BCUT2D eigenvalue weighted by atomic mass is 9.97. The smallest absolute Gasteiger partial charge is 0.187 e. The molecule has 2 aliphatic heterocycles. The van der Waals surface area contributed by atoms with E-state index in [0.29, 0.717) is 0 Å². The van der Waals surface area contributed by atoms with Crippen LogP contribution in [-0.2, 0) is 14.2 Å². The quantitative estimate of drug-likeness (QED) is 0.269. The van der Waals surface area contributed by atoms with Crippen LogP contribution in [0.1, 0.15) is 6.92 Å². The Balaban J connectivity index is 2.10. The van der Waals surface area contributed by atoms with Gasteiger partial charge in [-0.05, 0) is 6.92 Å². The van der Waals surface area contributed by atoms with E-state index in [1.807, 2.05) is 0 Å². The first-order chi connectivity index (χ1) is 10.3. The summed E-state index contributed by atoms with van der Waals surface area (Å²) in [6, 6.07) is 0. The Bertz CT molecular complexity index is 368. The summed E-state index contributed by atoms with van der Waals surface area (Å²) in [4.78, 5) is 0. The van der Waals surface area contributed by atoms with Gasteiger partial charge in [0, 0.05) is 0 Å². The zero-order chi connectivity index (χ0) is 16.6. The number of hydrogen-bond acceptors (Lipinski definition) is 10. The fourth-order valence-electron chi connectivity index (χ4n) is 2.51. The Labute approximate surface area is 126 Å². The van der Waals surface area contributed by atoms with Crippen LogP contribution in [0.5, 0.6) is 0 Å². The molecule has 0 bridgehead atoms. The first kappa shape index (κ1) is 17.9. The predicted octanol–water partition coefficient (Wildman–Crippen LogP) is -4.37. The largest absolute Gasteiger partial charge is 0.394 e. The van der Waals surface area contributed by atoms with E-state index in [4.69, 9.17) is 19.3 Å². The Morgan fingerprint density at radius 2 is 1.45 bits per heavy atom. The summed E-state index contributed by atoms with van der Waals surface area (Å²) in [6.07, 6.45) is -14.3. The van der Waals surface area contributed by atoms with Crippen LogP contribution in [0.3, 0.4) is 0 Å². The van der Waals surface area contributed by atoms with Crippen molar-refractivity contribution in [3.63, 3.8) is 0 Å². The molecule has 22 heavy (non-hydrogen) atoms. The molecule has 0 aliphatic carbocycles. The minimum atomic E-state index is -1.71. The van der Waals surface area contributed by atoms with Crippen molar-refractivity contribution in [3.05, 3.63) is 0 Å². The molecule has 10 nitrogen and oxygen atoms in total. The van der Waals surface area contributed by atoms with Crippen molar-refractivity contribution in [1.29, 1.82) is 0 Å². The van der Waals surface area contributed by atoms with Gasteiger partial charge in [0.1, 0.15) is 42.7 Å². The molecule has 0 aromatic heterocycles. The normalized spacial score (nSPS) is 53.5. The van der Waals surface area contributed by atoms with Crippen LogP contribution in [-0.4, -0.2) is 104 Å². The highest BCUT2D eigenvalue weighted by molar-refractivity contribution is 4.93. The monoisotopic (exact) mass is 326 g/mol. The van der Waals surface area contributed by atoms with E-state index in [1.54, 1.807) is 0 Å². The van der Waals surface area contributed by atoms with Crippen LogP contribution < -0.4 is 0 Å². The second-order valence-corrected chi connectivity index (χ2v) is 5.51. The topological polar surface area (TPSA) is 169 Å². The molecule has 0 aromatic rings. The van der Waals surface area contributed by atoms with Gasteiger partial charge in [0.05, 0.1) is 12.7 Å². The van der Waals surface area contributed by atoms with Crippen LogP contribution in [0, 0.1) is 0 Å². The first-order valence-electron chi connectivity index (χ1n) is 6.93. The van der Waals surface area contributed by atoms with E-state index < -0.39 is 68.0 Å². The minimum Gasteiger partial charge on any atom is -0.394 e. The lowest BCUT2D eigenvalue weighted by molar-refractivity contribution is -0.352. The van der Waals surface area contributed by atoms with Crippen molar-refractivity contribution < 1.29 is 50.0 Å². The van der Waals surface area contributed by atoms with Crippen molar-refractivity contribution >= 4 is 0 Å². The van der Waals surface area contributed by atoms with Crippen LogP contribution >= 0.6 is 0 Å². The number of rotatable bonds is 3. The summed E-state index contributed by atoms with van der Waals surface area (Å²) in [5, 5.41) is 67.6. The van der Waals surface area contributed by atoms with Gasteiger partial charge >= 0.3 is 0 Å². The molecule has 2 rings (SSSR count). The maximum absolute atomic E-state index is 9.99. The van der Waals surface area contributed by atoms with Gasteiger partial charge in [0.15, 0.2) is 12.6 Å². The van der Waals surface area contributed by atoms with Gasteiger partial charge < -0.3 is 50.0 Å². The first-order valence-corrected chi connectivity index (χ1v) is 6.93. The molecule has 2 aliphatic rings. The standard InChI is InChI=1S/C12H22O10/c1-3-5(14)7(16)8(17)12(20-3)22-10-6(15)4(2-13)21-11(19)9(10)18/h3-19H,2H2,1H3/t3-,4+,5+,6+,7+,8-,9+,10-,11+,12-/m0/s1. The van der Waals surface area contributed by atoms with Crippen molar-refractivity contribution in [3.8, 4) is 0 Å². The molecule has 10 heteroatoms. The summed E-state index contributed by atoms with van der Waals surface area (Å²) in [5.41, 5.74) is 0. The fourth-order valence-corrected chi connectivity index (χ4v) is 2.51. The van der Waals surface area contributed by atoms with Gasteiger partial charge in [-0.1, -0.05) is 0 Å². The van der Waals surface area contributed by atoms with Gasteiger partial charge in [-0.2, -0.15) is 0 Å². The average Bonchev–Trinajstić information content (AvgIpc) is 2.50. The zero-order valence-electron chi connectivity index (χ0n) is 11.8. The van der Waals surface area contributed by atoms with Gasteiger partial charge in [-0.15, -0.1) is 0 Å². The number of ether oxygens (including phenoxy) is 3. The molecular weight excluding hydrogens is 304 g/mol. The molecule has 10 atom stereocenters. The number of aliphatic hydroxyl groups is 7. The fraction of sp³-hybridized carbons (Fsp3) is 1.00. The highest BCUT2D eigenvalue weighted by atomic mass is 16.7. The van der Waals surface area contributed by atoms with Crippen LogP contribution in [0.4, 0.5) is 0 Å². The van der Waals surface area contributed by atoms with Crippen LogP contribution in [0.15, 0.2) is 0 Å². The Morgan fingerprint density at radius 1 is 0.818 bits per heavy atom. The molecule has 0 radical (unpaired) electrons. The zero-order valence-corrected chi connectivity index (χ0v) is 11.8. The van der Waals surface area contributed by atoms with E-state index in [1.165, 1.54) is 6.92 Å². The number of hydrogen-bond donors (Lipinski definition) is 7. The second-order valence-electron chi connectivity index (χ2n) is 5.51. The van der Waals surface area contributed by atoms with E-state index in [2.05, 4.69) is 0 Å². The molecule has 0 unspecified atom stereocenters. The molecule has 130 valence electrons. The summed E-state index contributed by atoms with van der Waals surface area (Å²) >= 11 is 0. The van der Waals surface area contributed by atoms with Crippen molar-refractivity contribution in [2.24, 2.45) is 0 Å². The average molecular weight is 326 g/mol. The molecular formula is C12H22O10. The van der Waals surface area contributed by atoms with E-state index >= 15 is 0 Å². The summed E-state index contributed by atoms with van der Waals surface area (Å²) in [7, 11) is 0. The third-order valence-corrected chi connectivity index (χ3v) is 3.94. The highest BCUT2D eigenvalue weighted by Gasteiger charge is 2.49. The molecule has 2 fully saturated rings. The van der Waals surface area contributed by atoms with Crippen molar-refractivity contribution in [1.82, 2.24) is 0 Å². The Hall–Kier alpha value is -0.400. The Kier molecular flexibility index (Phi) is 5.72. The Morgan fingerprint density at radius 3 is 2.05 bits per heavy atom. The van der Waals surface area contributed by atoms with Crippen molar-refractivity contribution in [2.75, 3.05) is 6.61 Å². The summed E-state index contributed by atoms with van der Waals surface area (Å²) < 4.78 is 15.3. The SMILES string of the molecule is C[C@@H]1O[C@@H](O[C@@H]2[C@@H](O)[C@H](O)O[C@H](CO)[C@H]2O)[C@@H](O)[C@H](O)[C@@H]1O. The molecule has 2 saturated heterocycles. The molecule has 0 saturated carbocycles. The van der Waals surface area contributed by atoms with Gasteiger partial charge in [-0.3, -0.25) is 0 Å². The number of aliphatic hydroxyl groups excluding tert-OH is 7. The van der Waals surface area contributed by atoms with Gasteiger partial charge in [0.25, 0.3) is 0 Å². The predicted molar refractivity (Wildman–Crippen MR) is 67.2 cm³/mol.